The third-order valence-electron chi connectivity index (χ3n) is 2.23. The highest BCUT2D eigenvalue weighted by Gasteiger charge is 1.94. The molecule has 0 aliphatic rings. The molecule has 0 saturated heterocycles. The highest BCUT2D eigenvalue weighted by Crippen LogP contribution is 2.10. The third kappa shape index (κ3) is 10.3. The molecule has 82 valence electrons. The van der Waals surface area contributed by atoms with Crippen LogP contribution in [0.15, 0.2) is 24.3 Å². The quantitative estimate of drug-likeness (QED) is 0.252. The topological polar surface area (TPSA) is 0 Å². The molecule has 0 heterocycles. The lowest BCUT2D eigenvalue weighted by Gasteiger charge is -2.03. The molecular weight excluding hydrogens is 283 g/mol. The van der Waals surface area contributed by atoms with Gasteiger partial charge in [0.25, 0.3) is 0 Å². The second-order valence-electron chi connectivity index (χ2n) is 3.76. The predicted molar refractivity (Wildman–Crippen MR) is 75.1 cm³/mol. The number of hydrogen-bond donors (Lipinski definition) is 0. The first-order chi connectivity index (χ1) is 6.81. The van der Waals surface area contributed by atoms with Crippen molar-refractivity contribution in [3.05, 3.63) is 24.3 Å². The smallest absolute Gasteiger partial charge is 0.00300 e. The summed E-state index contributed by atoms with van der Waals surface area (Å²) >= 11 is 2.40. The summed E-state index contributed by atoms with van der Waals surface area (Å²) in [5.41, 5.74) is 0. The van der Waals surface area contributed by atoms with Crippen LogP contribution in [0.25, 0.3) is 0 Å². The summed E-state index contributed by atoms with van der Waals surface area (Å²) in [4.78, 5) is 0. The zero-order valence-electron chi connectivity index (χ0n) is 9.51. The van der Waals surface area contributed by atoms with E-state index in [9.17, 15) is 0 Å². The van der Waals surface area contributed by atoms with Gasteiger partial charge in [-0.1, -0.05) is 80.0 Å². The molecule has 1 atom stereocenters. The fourth-order valence-electron chi connectivity index (χ4n) is 1.30. The van der Waals surface area contributed by atoms with Crippen molar-refractivity contribution in [1.82, 2.24) is 0 Å². The maximum Gasteiger partial charge on any atom is 0.00300 e. The molecule has 0 fully saturated rings. The Morgan fingerprint density at radius 2 is 2.00 bits per heavy atom. The Morgan fingerprint density at radius 1 is 1.21 bits per heavy atom. The molecule has 0 N–H and O–H groups in total. The number of halogens is 1. The fourth-order valence-corrected chi connectivity index (χ4v) is 1.66. The Kier molecular flexibility index (Phi) is 11.5. The Balaban J connectivity index is 3.44. The molecule has 0 aromatic carbocycles. The second-order valence-corrected chi connectivity index (χ2v) is 4.84. The number of rotatable bonds is 8. The standard InChI is InChI=1S/C13H23I/c1-3-4-7-10-13(2)11-8-5-6-9-12-14/h5-6,8,11,13H,3-4,7,9-10,12H2,1-2H3/b6-5+,11-8+. The highest BCUT2D eigenvalue weighted by molar-refractivity contribution is 14.1. The lowest BCUT2D eigenvalue weighted by Crippen LogP contribution is -1.88. The van der Waals surface area contributed by atoms with Crippen LogP contribution in [-0.2, 0) is 0 Å². The molecule has 0 bridgehead atoms. The number of hydrogen-bond acceptors (Lipinski definition) is 0. The van der Waals surface area contributed by atoms with Crippen LogP contribution in [0.3, 0.4) is 0 Å². The van der Waals surface area contributed by atoms with Gasteiger partial charge in [0, 0.05) is 4.43 Å². The van der Waals surface area contributed by atoms with E-state index in [-0.39, 0.29) is 0 Å². The van der Waals surface area contributed by atoms with Crippen molar-refractivity contribution in [3.8, 4) is 0 Å². The SMILES string of the molecule is CCCCCC(C)/C=C/C=C/CCI. The van der Waals surface area contributed by atoms with Crippen molar-refractivity contribution in [2.45, 2.75) is 46.0 Å². The van der Waals surface area contributed by atoms with Crippen molar-refractivity contribution >= 4 is 22.6 Å². The van der Waals surface area contributed by atoms with E-state index >= 15 is 0 Å². The van der Waals surface area contributed by atoms with Gasteiger partial charge < -0.3 is 0 Å². The van der Waals surface area contributed by atoms with E-state index in [1.54, 1.807) is 0 Å². The molecule has 0 rings (SSSR count). The van der Waals surface area contributed by atoms with Gasteiger partial charge in [-0.2, -0.15) is 0 Å². The lowest BCUT2D eigenvalue weighted by atomic mass is 10.0. The van der Waals surface area contributed by atoms with Crippen LogP contribution in [-0.4, -0.2) is 4.43 Å². The first-order valence-electron chi connectivity index (χ1n) is 5.70. The Bertz CT molecular complexity index is 159. The molecule has 14 heavy (non-hydrogen) atoms. The van der Waals surface area contributed by atoms with E-state index in [1.165, 1.54) is 36.5 Å². The average Bonchev–Trinajstić information content (AvgIpc) is 2.18. The molecule has 0 aliphatic carbocycles. The van der Waals surface area contributed by atoms with Crippen molar-refractivity contribution in [3.63, 3.8) is 0 Å². The van der Waals surface area contributed by atoms with Gasteiger partial charge in [-0.25, -0.2) is 0 Å². The van der Waals surface area contributed by atoms with Crippen molar-refractivity contribution in [1.29, 1.82) is 0 Å². The molecular formula is C13H23I. The molecule has 0 nitrogen and oxygen atoms in total. The van der Waals surface area contributed by atoms with E-state index in [0.717, 1.165) is 5.92 Å². The molecule has 0 aromatic heterocycles. The summed E-state index contributed by atoms with van der Waals surface area (Å²) in [6.07, 6.45) is 15.5. The normalized spacial score (nSPS) is 14.2. The molecule has 0 spiro atoms. The van der Waals surface area contributed by atoms with Crippen LogP contribution in [0, 0.1) is 5.92 Å². The van der Waals surface area contributed by atoms with Crippen LogP contribution in [0.2, 0.25) is 0 Å². The molecule has 0 saturated carbocycles. The maximum absolute atomic E-state index is 2.40. The minimum Gasteiger partial charge on any atom is -0.0860 e. The molecule has 0 aromatic rings. The fraction of sp³-hybridized carbons (Fsp3) is 0.692. The van der Waals surface area contributed by atoms with Gasteiger partial charge in [-0.3, -0.25) is 0 Å². The molecule has 0 radical (unpaired) electrons. The van der Waals surface area contributed by atoms with E-state index in [2.05, 4.69) is 60.7 Å². The Labute approximate surface area is 103 Å². The molecule has 0 aliphatic heterocycles. The summed E-state index contributed by atoms with van der Waals surface area (Å²) in [6, 6.07) is 0. The van der Waals surface area contributed by atoms with Crippen molar-refractivity contribution in [2.24, 2.45) is 5.92 Å². The zero-order valence-corrected chi connectivity index (χ0v) is 11.7. The van der Waals surface area contributed by atoms with Crippen LogP contribution >= 0.6 is 22.6 Å². The van der Waals surface area contributed by atoms with Gasteiger partial charge in [-0.15, -0.1) is 0 Å². The van der Waals surface area contributed by atoms with Gasteiger partial charge >= 0.3 is 0 Å². The summed E-state index contributed by atoms with van der Waals surface area (Å²) in [5.74, 6) is 0.741. The van der Waals surface area contributed by atoms with Gasteiger partial charge in [0.1, 0.15) is 0 Å². The lowest BCUT2D eigenvalue weighted by molar-refractivity contribution is 0.576. The number of alkyl halides is 1. The summed E-state index contributed by atoms with van der Waals surface area (Å²) < 4.78 is 1.22. The largest absolute Gasteiger partial charge is 0.0860 e. The van der Waals surface area contributed by atoms with E-state index in [4.69, 9.17) is 0 Å². The van der Waals surface area contributed by atoms with E-state index in [1.807, 2.05) is 0 Å². The van der Waals surface area contributed by atoms with Crippen LogP contribution in [0.1, 0.15) is 46.0 Å². The van der Waals surface area contributed by atoms with Crippen LogP contribution in [0.4, 0.5) is 0 Å². The van der Waals surface area contributed by atoms with E-state index < -0.39 is 0 Å². The summed E-state index contributed by atoms with van der Waals surface area (Å²) in [5, 5.41) is 0. The minimum absolute atomic E-state index is 0.741. The highest BCUT2D eigenvalue weighted by atomic mass is 127. The second kappa shape index (κ2) is 11.3. The van der Waals surface area contributed by atoms with Gasteiger partial charge in [-0.05, 0) is 18.8 Å². The van der Waals surface area contributed by atoms with Crippen LogP contribution < -0.4 is 0 Å². The molecule has 1 unspecified atom stereocenters. The number of unbranched alkanes of at least 4 members (excludes halogenated alkanes) is 2. The maximum atomic E-state index is 2.40. The molecule has 1 heteroatoms. The van der Waals surface area contributed by atoms with Crippen molar-refractivity contribution in [2.75, 3.05) is 4.43 Å². The van der Waals surface area contributed by atoms with Gasteiger partial charge in [0.05, 0.1) is 0 Å². The van der Waals surface area contributed by atoms with E-state index in [0.29, 0.717) is 0 Å². The number of allylic oxidation sites excluding steroid dienone is 4. The van der Waals surface area contributed by atoms with Gasteiger partial charge in [0.15, 0.2) is 0 Å². The first-order valence-corrected chi connectivity index (χ1v) is 7.23. The zero-order chi connectivity index (χ0) is 10.6. The summed E-state index contributed by atoms with van der Waals surface area (Å²) in [7, 11) is 0. The first kappa shape index (κ1) is 14.2. The van der Waals surface area contributed by atoms with Crippen molar-refractivity contribution < 1.29 is 0 Å². The molecule has 0 amide bonds. The average molecular weight is 306 g/mol. The Morgan fingerprint density at radius 3 is 2.64 bits per heavy atom. The third-order valence-corrected chi connectivity index (χ3v) is 2.85. The minimum atomic E-state index is 0.741. The Hall–Kier alpha value is 0.210. The monoisotopic (exact) mass is 306 g/mol. The van der Waals surface area contributed by atoms with Crippen LogP contribution in [0.5, 0.6) is 0 Å². The summed E-state index contributed by atoms with van der Waals surface area (Å²) in [6.45, 7) is 4.56. The van der Waals surface area contributed by atoms with Gasteiger partial charge in [0.2, 0.25) is 0 Å². The predicted octanol–water partition coefficient (Wildman–Crippen LogP) is 5.14.